The molecule has 1 aliphatic rings. The second-order valence-corrected chi connectivity index (χ2v) is 7.34. The SMILES string of the molecule is COc1ccccc1N1CCN(CCC(O)Oc2cccc3ccccc23)CC1. The van der Waals surface area contributed by atoms with E-state index in [2.05, 4.69) is 28.0 Å². The van der Waals surface area contributed by atoms with E-state index in [-0.39, 0.29) is 0 Å². The minimum absolute atomic E-state index is 0.581. The molecule has 152 valence electrons. The van der Waals surface area contributed by atoms with E-state index in [0.717, 1.165) is 60.7 Å². The van der Waals surface area contributed by atoms with Crippen LogP contribution in [0.15, 0.2) is 66.7 Å². The zero-order valence-corrected chi connectivity index (χ0v) is 16.8. The van der Waals surface area contributed by atoms with Crippen LogP contribution in [0, 0.1) is 0 Å². The number of hydrogen-bond donors (Lipinski definition) is 1. The van der Waals surface area contributed by atoms with Gasteiger partial charge in [-0.25, -0.2) is 0 Å². The van der Waals surface area contributed by atoms with Crippen molar-refractivity contribution in [3.63, 3.8) is 0 Å². The van der Waals surface area contributed by atoms with Crippen molar-refractivity contribution in [2.75, 3.05) is 44.7 Å². The molecule has 1 fully saturated rings. The summed E-state index contributed by atoms with van der Waals surface area (Å²) >= 11 is 0. The first-order valence-electron chi connectivity index (χ1n) is 10.2. The second kappa shape index (κ2) is 9.16. The number of rotatable bonds is 7. The van der Waals surface area contributed by atoms with Gasteiger partial charge in [0.1, 0.15) is 11.5 Å². The van der Waals surface area contributed by atoms with Gasteiger partial charge in [0.05, 0.1) is 12.8 Å². The lowest BCUT2D eigenvalue weighted by molar-refractivity contribution is -0.0281. The van der Waals surface area contributed by atoms with E-state index in [4.69, 9.17) is 9.47 Å². The number of para-hydroxylation sites is 2. The molecule has 1 saturated heterocycles. The van der Waals surface area contributed by atoms with E-state index in [1.807, 2.05) is 48.5 Å². The number of piperazine rings is 1. The van der Waals surface area contributed by atoms with Crippen molar-refractivity contribution < 1.29 is 14.6 Å². The van der Waals surface area contributed by atoms with Crippen LogP contribution in [-0.4, -0.2) is 56.1 Å². The van der Waals surface area contributed by atoms with Gasteiger partial charge in [-0.2, -0.15) is 0 Å². The Morgan fingerprint density at radius 3 is 2.38 bits per heavy atom. The van der Waals surface area contributed by atoms with Crippen molar-refractivity contribution in [1.82, 2.24) is 4.90 Å². The lowest BCUT2D eigenvalue weighted by atomic mass is 10.1. The molecule has 0 aromatic heterocycles. The van der Waals surface area contributed by atoms with Gasteiger partial charge in [-0.15, -0.1) is 0 Å². The van der Waals surface area contributed by atoms with Crippen LogP contribution in [0.25, 0.3) is 10.8 Å². The van der Waals surface area contributed by atoms with Crippen LogP contribution in [0.5, 0.6) is 11.5 Å². The van der Waals surface area contributed by atoms with Gasteiger partial charge in [-0.05, 0) is 23.6 Å². The Bertz CT molecular complexity index is 933. The van der Waals surface area contributed by atoms with E-state index in [1.165, 1.54) is 0 Å². The van der Waals surface area contributed by atoms with E-state index >= 15 is 0 Å². The van der Waals surface area contributed by atoms with Crippen LogP contribution in [0.1, 0.15) is 6.42 Å². The van der Waals surface area contributed by atoms with Crippen molar-refractivity contribution in [3.05, 3.63) is 66.7 Å². The topological polar surface area (TPSA) is 45.2 Å². The molecule has 4 rings (SSSR count). The van der Waals surface area contributed by atoms with Crippen LogP contribution in [0.3, 0.4) is 0 Å². The van der Waals surface area contributed by atoms with Gasteiger partial charge in [0, 0.05) is 44.5 Å². The molecule has 0 amide bonds. The average molecular weight is 392 g/mol. The monoisotopic (exact) mass is 392 g/mol. The second-order valence-electron chi connectivity index (χ2n) is 7.34. The number of fused-ring (bicyclic) bond motifs is 1. The first-order chi connectivity index (χ1) is 14.2. The van der Waals surface area contributed by atoms with Gasteiger partial charge in [-0.1, -0.05) is 48.5 Å². The van der Waals surface area contributed by atoms with Crippen LogP contribution in [-0.2, 0) is 0 Å². The zero-order valence-electron chi connectivity index (χ0n) is 16.8. The van der Waals surface area contributed by atoms with Crippen LogP contribution < -0.4 is 14.4 Å². The molecule has 0 aliphatic carbocycles. The Kier molecular flexibility index (Phi) is 6.17. The normalized spacial score (nSPS) is 16.0. The summed E-state index contributed by atoms with van der Waals surface area (Å²) < 4.78 is 11.3. The summed E-state index contributed by atoms with van der Waals surface area (Å²) in [5.41, 5.74) is 1.15. The lowest BCUT2D eigenvalue weighted by Gasteiger charge is -2.36. The van der Waals surface area contributed by atoms with Crippen LogP contribution >= 0.6 is 0 Å². The van der Waals surface area contributed by atoms with E-state index in [1.54, 1.807) is 7.11 Å². The number of aliphatic hydroxyl groups is 1. The summed E-state index contributed by atoms with van der Waals surface area (Å²) in [6.07, 6.45) is -0.231. The molecule has 1 N–H and O–H groups in total. The first-order valence-corrected chi connectivity index (χ1v) is 10.2. The Labute approximate surface area is 172 Å². The van der Waals surface area contributed by atoms with Gasteiger partial charge in [0.25, 0.3) is 0 Å². The minimum atomic E-state index is -0.812. The summed E-state index contributed by atoms with van der Waals surface area (Å²) in [6.45, 7) is 4.62. The standard InChI is InChI=1S/C24H28N2O3/c1-28-23-11-5-4-10-21(23)26-17-15-25(16-18-26)14-13-24(27)29-22-12-6-8-19-7-2-3-9-20(19)22/h2-12,24,27H,13-18H2,1H3. The average Bonchev–Trinajstić information content (AvgIpc) is 2.78. The van der Waals surface area contributed by atoms with Gasteiger partial charge in [-0.3, -0.25) is 4.90 Å². The lowest BCUT2D eigenvalue weighted by Crippen LogP contribution is -2.47. The molecule has 1 aliphatic heterocycles. The summed E-state index contributed by atoms with van der Waals surface area (Å²) in [7, 11) is 1.71. The van der Waals surface area contributed by atoms with Gasteiger partial charge < -0.3 is 19.5 Å². The van der Waals surface area contributed by atoms with Crippen LogP contribution in [0.2, 0.25) is 0 Å². The highest BCUT2D eigenvalue weighted by atomic mass is 16.6. The van der Waals surface area contributed by atoms with Crippen molar-refractivity contribution in [1.29, 1.82) is 0 Å². The molecule has 1 unspecified atom stereocenters. The molecule has 0 radical (unpaired) electrons. The van der Waals surface area contributed by atoms with Crippen molar-refractivity contribution in [2.24, 2.45) is 0 Å². The maximum atomic E-state index is 10.4. The Morgan fingerprint density at radius 2 is 1.55 bits per heavy atom. The Balaban J connectivity index is 1.28. The molecule has 3 aromatic rings. The first kappa shape index (κ1) is 19.6. The molecule has 5 nitrogen and oxygen atoms in total. The maximum absolute atomic E-state index is 10.4. The molecule has 3 aromatic carbocycles. The summed E-state index contributed by atoms with van der Waals surface area (Å²) in [5.74, 6) is 1.65. The van der Waals surface area contributed by atoms with Crippen molar-refractivity contribution >= 4 is 16.5 Å². The smallest absolute Gasteiger partial charge is 0.198 e. The highest BCUT2D eigenvalue weighted by Gasteiger charge is 2.20. The number of ether oxygens (including phenoxy) is 2. The third kappa shape index (κ3) is 4.63. The summed E-state index contributed by atoms with van der Waals surface area (Å²) in [4.78, 5) is 4.74. The van der Waals surface area contributed by atoms with Crippen LogP contribution in [0.4, 0.5) is 5.69 Å². The number of hydrogen-bond acceptors (Lipinski definition) is 5. The van der Waals surface area contributed by atoms with Crippen molar-refractivity contribution in [3.8, 4) is 11.5 Å². The van der Waals surface area contributed by atoms with Gasteiger partial charge >= 0.3 is 0 Å². The molecule has 1 heterocycles. The molecule has 1 atom stereocenters. The quantitative estimate of drug-likeness (QED) is 0.621. The number of anilines is 1. The number of aliphatic hydroxyl groups excluding tert-OH is 1. The predicted octanol–water partition coefficient (Wildman–Crippen LogP) is 3.76. The third-order valence-electron chi connectivity index (χ3n) is 5.50. The fraction of sp³-hybridized carbons (Fsp3) is 0.333. The fourth-order valence-electron chi connectivity index (χ4n) is 3.90. The fourth-order valence-corrected chi connectivity index (χ4v) is 3.90. The molecule has 0 spiro atoms. The zero-order chi connectivity index (χ0) is 20.1. The van der Waals surface area contributed by atoms with Gasteiger partial charge in [0.2, 0.25) is 0 Å². The maximum Gasteiger partial charge on any atom is 0.198 e. The Morgan fingerprint density at radius 1 is 0.862 bits per heavy atom. The van der Waals surface area contributed by atoms with Gasteiger partial charge in [0.15, 0.2) is 6.29 Å². The molecular formula is C24H28N2O3. The van der Waals surface area contributed by atoms with E-state index < -0.39 is 6.29 Å². The minimum Gasteiger partial charge on any atom is -0.495 e. The van der Waals surface area contributed by atoms with E-state index in [9.17, 15) is 5.11 Å². The predicted molar refractivity (Wildman–Crippen MR) is 117 cm³/mol. The highest BCUT2D eigenvalue weighted by molar-refractivity contribution is 5.88. The molecular weight excluding hydrogens is 364 g/mol. The third-order valence-corrected chi connectivity index (χ3v) is 5.50. The number of benzene rings is 3. The van der Waals surface area contributed by atoms with E-state index in [0.29, 0.717) is 6.42 Å². The van der Waals surface area contributed by atoms with Crippen molar-refractivity contribution in [2.45, 2.75) is 12.7 Å². The largest absolute Gasteiger partial charge is 0.495 e. The molecule has 5 heteroatoms. The number of methoxy groups -OCH3 is 1. The molecule has 29 heavy (non-hydrogen) atoms. The summed E-state index contributed by atoms with van der Waals surface area (Å²) in [6, 6.07) is 22.1. The highest BCUT2D eigenvalue weighted by Crippen LogP contribution is 2.29. The molecule has 0 bridgehead atoms. The molecule has 0 saturated carbocycles. The number of nitrogens with zero attached hydrogens (tertiary/aromatic N) is 2. The Hall–Kier alpha value is -2.76. The summed E-state index contributed by atoms with van der Waals surface area (Å²) in [5, 5.41) is 12.6.